The summed E-state index contributed by atoms with van der Waals surface area (Å²) in [5.41, 5.74) is 1.41. The summed E-state index contributed by atoms with van der Waals surface area (Å²) in [4.78, 5) is 23.7. The zero-order chi connectivity index (χ0) is 16.9. The smallest absolute Gasteiger partial charge is 0.233 e. The fraction of sp³-hybridized carbons (Fsp3) is 0.588. The Hall–Kier alpha value is -1.18. The van der Waals surface area contributed by atoms with Crippen LogP contribution >= 0.6 is 23.1 Å². The maximum atomic E-state index is 12.3. The Balaban J connectivity index is 1.72. The minimum atomic E-state index is -0.176. The first-order valence-corrected chi connectivity index (χ1v) is 10.1. The van der Waals surface area contributed by atoms with Crippen molar-refractivity contribution >= 4 is 39.2 Å². The molecule has 2 aromatic rings. The van der Waals surface area contributed by atoms with Crippen molar-refractivity contribution in [3.05, 3.63) is 16.8 Å². The van der Waals surface area contributed by atoms with E-state index in [2.05, 4.69) is 15.3 Å². The first-order chi connectivity index (χ1) is 11.7. The first kappa shape index (κ1) is 17.6. The third-order valence-electron chi connectivity index (χ3n) is 4.20. The second-order valence-corrected chi connectivity index (χ2v) is 8.38. The number of aromatic nitrogens is 2. The Labute approximate surface area is 150 Å². The van der Waals surface area contributed by atoms with Crippen LogP contribution in [-0.4, -0.2) is 41.4 Å². The molecule has 130 valence electrons. The number of fused-ring (bicyclic) bond motifs is 3. The second kappa shape index (κ2) is 8.27. The van der Waals surface area contributed by atoms with Gasteiger partial charge in [-0.25, -0.2) is 9.97 Å². The predicted molar refractivity (Wildman–Crippen MR) is 98.9 cm³/mol. The van der Waals surface area contributed by atoms with Crippen molar-refractivity contribution in [1.29, 1.82) is 0 Å². The maximum absolute atomic E-state index is 12.3. The lowest BCUT2D eigenvalue weighted by atomic mass is 9.97. The first-order valence-electron chi connectivity index (χ1n) is 8.39. The summed E-state index contributed by atoms with van der Waals surface area (Å²) in [5, 5.41) is 4.91. The van der Waals surface area contributed by atoms with E-state index in [1.165, 1.54) is 40.4 Å². The molecule has 0 aliphatic heterocycles. The summed E-state index contributed by atoms with van der Waals surface area (Å²) in [6.45, 7) is 3.24. The molecule has 0 saturated heterocycles. The zero-order valence-electron chi connectivity index (χ0n) is 14.1. The zero-order valence-corrected chi connectivity index (χ0v) is 15.8. The summed E-state index contributed by atoms with van der Waals surface area (Å²) in [6, 6.07) is 0. The van der Waals surface area contributed by atoms with E-state index in [-0.39, 0.29) is 11.2 Å². The number of nitrogens with zero attached hydrogens (tertiary/aromatic N) is 2. The molecule has 1 N–H and O–H groups in total. The lowest BCUT2D eigenvalue weighted by Gasteiger charge is -2.14. The molecule has 5 nitrogen and oxygen atoms in total. The highest BCUT2D eigenvalue weighted by Crippen LogP contribution is 2.40. The van der Waals surface area contributed by atoms with Crippen LogP contribution in [0.3, 0.4) is 0 Å². The molecule has 0 bridgehead atoms. The molecule has 1 atom stereocenters. The fourth-order valence-electron chi connectivity index (χ4n) is 2.94. The Morgan fingerprint density at radius 3 is 3.08 bits per heavy atom. The van der Waals surface area contributed by atoms with E-state index >= 15 is 0 Å². The van der Waals surface area contributed by atoms with Gasteiger partial charge in [0.25, 0.3) is 0 Å². The molecule has 1 amide bonds. The van der Waals surface area contributed by atoms with Gasteiger partial charge in [0.2, 0.25) is 5.91 Å². The van der Waals surface area contributed by atoms with Crippen molar-refractivity contribution in [1.82, 2.24) is 15.3 Å². The molecule has 1 unspecified atom stereocenters. The molecule has 0 aromatic carbocycles. The average molecular weight is 366 g/mol. The lowest BCUT2D eigenvalue weighted by molar-refractivity contribution is -0.120. The molecule has 0 radical (unpaired) electrons. The Morgan fingerprint density at radius 2 is 2.25 bits per heavy atom. The van der Waals surface area contributed by atoms with E-state index in [4.69, 9.17) is 4.74 Å². The molecule has 3 rings (SSSR count). The predicted octanol–water partition coefficient (Wildman–Crippen LogP) is 3.20. The summed E-state index contributed by atoms with van der Waals surface area (Å²) in [5.74, 6) is 0.0481. The maximum Gasteiger partial charge on any atom is 0.233 e. The molecule has 2 aromatic heterocycles. The molecule has 24 heavy (non-hydrogen) atoms. The summed E-state index contributed by atoms with van der Waals surface area (Å²) in [7, 11) is 1.67. The van der Waals surface area contributed by atoms with Gasteiger partial charge in [-0.1, -0.05) is 11.8 Å². The number of carbonyl (C=O) groups excluding carboxylic acids is 1. The molecule has 7 heteroatoms. The van der Waals surface area contributed by atoms with Gasteiger partial charge < -0.3 is 10.1 Å². The van der Waals surface area contributed by atoms with Gasteiger partial charge in [-0.15, -0.1) is 11.3 Å². The minimum absolute atomic E-state index is 0.0481. The van der Waals surface area contributed by atoms with E-state index < -0.39 is 0 Å². The highest BCUT2D eigenvalue weighted by atomic mass is 32.2. The molecular formula is C17H23N3O2S2. The number of nitrogens with one attached hydrogen (secondary N) is 1. The van der Waals surface area contributed by atoms with Crippen molar-refractivity contribution in [2.75, 3.05) is 20.3 Å². The molecule has 2 heterocycles. The van der Waals surface area contributed by atoms with Crippen LogP contribution < -0.4 is 5.32 Å². The quantitative estimate of drug-likeness (QED) is 0.464. The normalized spacial score (nSPS) is 15.2. The number of hydrogen-bond acceptors (Lipinski definition) is 6. The van der Waals surface area contributed by atoms with Gasteiger partial charge in [0.1, 0.15) is 16.2 Å². The van der Waals surface area contributed by atoms with Crippen molar-refractivity contribution in [2.24, 2.45) is 0 Å². The Morgan fingerprint density at radius 1 is 1.42 bits per heavy atom. The monoisotopic (exact) mass is 365 g/mol. The van der Waals surface area contributed by atoms with Gasteiger partial charge in [0.15, 0.2) is 0 Å². The van der Waals surface area contributed by atoms with Crippen molar-refractivity contribution in [2.45, 2.75) is 49.3 Å². The van der Waals surface area contributed by atoms with E-state index in [0.717, 1.165) is 29.1 Å². The average Bonchev–Trinajstić information content (AvgIpc) is 2.98. The summed E-state index contributed by atoms with van der Waals surface area (Å²) >= 11 is 3.32. The fourth-order valence-corrected chi connectivity index (χ4v) is 5.21. The minimum Gasteiger partial charge on any atom is -0.385 e. The number of ether oxygens (including phenoxy) is 1. The van der Waals surface area contributed by atoms with E-state index in [0.29, 0.717) is 13.2 Å². The third-order valence-corrected chi connectivity index (χ3v) is 6.50. The van der Waals surface area contributed by atoms with Crippen LogP contribution in [0.2, 0.25) is 0 Å². The largest absolute Gasteiger partial charge is 0.385 e. The summed E-state index contributed by atoms with van der Waals surface area (Å²) in [6.07, 6.45) is 7.19. The van der Waals surface area contributed by atoms with Gasteiger partial charge in [0, 0.05) is 30.5 Å². The van der Waals surface area contributed by atoms with E-state index in [9.17, 15) is 4.79 Å². The van der Waals surface area contributed by atoms with Crippen molar-refractivity contribution in [3.8, 4) is 0 Å². The number of thiophene rings is 1. The van der Waals surface area contributed by atoms with Crippen LogP contribution in [-0.2, 0) is 22.4 Å². The topological polar surface area (TPSA) is 64.1 Å². The van der Waals surface area contributed by atoms with Gasteiger partial charge >= 0.3 is 0 Å². The van der Waals surface area contributed by atoms with E-state index in [1.807, 2.05) is 6.92 Å². The standard InChI is InChI=1S/C17H23N3O2S2/c1-11(15(21)18-8-5-9-22-2)23-16-14-12-6-3-4-7-13(12)24-17(14)20-10-19-16/h10-11H,3-9H2,1-2H3,(H,18,21). The molecule has 1 aliphatic rings. The number of amides is 1. The Bertz CT molecular complexity index is 717. The number of aryl methyl sites for hydroxylation is 2. The van der Waals surface area contributed by atoms with Crippen LogP contribution in [0.4, 0.5) is 0 Å². The van der Waals surface area contributed by atoms with Crippen molar-refractivity contribution < 1.29 is 9.53 Å². The highest BCUT2D eigenvalue weighted by molar-refractivity contribution is 8.00. The highest BCUT2D eigenvalue weighted by Gasteiger charge is 2.22. The number of rotatable bonds is 7. The number of thioether (sulfide) groups is 1. The van der Waals surface area contributed by atoms with Crippen LogP contribution in [0.5, 0.6) is 0 Å². The molecule has 0 fully saturated rings. The second-order valence-electron chi connectivity index (χ2n) is 5.97. The SMILES string of the molecule is COCCCNC(=O)C(C)Sc1ncnc2sc3c(c12)CCCC3. The lowest BCUT2D eigenvalue weighted by Crippen LogP contribution is -2.32. The number of hydrogen-bond donors (Lipinski definition) is 1. The van der Waals surface area contributed by atoms with Crippen LogP contribution in [0.15, 0.2) is 11.4 Å². The number of methoxy groups -OCH3 is 1. The van der Waals surface area contributed by atoms with Gasteiger partial charge in [0.05, 0.1) is 5.25 Å². The van der Waals surface area contributed by atoms with Gasteiger partial charge in [-0.05, 0) is 44.6 Å². The van der Waals surface area contributed by atoms with Gasteiger partial charge in [-0.3, -0.25) is 4.79 Å². The molecule has 0 spiro atoms. The molecule has 0 saturated carbocycles. The van der Waals surface area contributed by atoms with Gasteiger partial charge in [-0.2, -0.15) is 0 Å². The van der Waals surface area contributed by atoms with Crippen LogP contribution in [0.1, 0.15) is 36.6 Å². The number of carbonyl (C=O) groups is 1. The Kier molecular flexibility index (Phi) is 6.08. The molecule has 1 aliphatic carbocycles. The van der Waals surface area contributed by atoms with Crippen LogP contribution in [0.25, 0.3) is 10.2 Å². The van der Waals surface area contributed by atoms with Crippen LogP contribution in [0, 0.1) is 0 Å². The molecular weight excluding hydrogens is 342 g/mol. The summed E-state index contributed by atoms with van der Waals surface area (Å²) < 4.78 is 5.00. The van der Waals surface area contributed by atoms with E-state index in [1.54, 1.807) is 24.8 Å². The third kappa shape index (κ3) is 3.90. The van der Waals surface area contributed by atoms with Crippen molar-refractivity contribution in [3.63, 3.8) is 0 Å².